The molecule has 0 aliphatic carbocycles. The van der Waals surface area contributed by atoms with Crippen molar-refractivity contribution in [3.63, 3.8) is 0 Å². The first-order valence-corrected chi connectivity index (χ1v) is 7.34. The lowest BCUT2D eigenvalue weighted by atomic mass is 10.5. The number of sulfonamides is 1. The van der Waals surface area contributed by atoms with Crippen LogP contribution in [0, 0.1) is 10.1 Å². The van der Waals surface area contributed by atoms with Gasteiger partial charge in [0.25, 0.3) is 10.0 Å². The highest BCUT2D eigenvalue weighted by atomic mass is 35.5. The van der Waals surface area contributed by atoms with Crippen molar-refractivity contribution < 1.29 is 13.3 Å². The van der Waals surface area contributed by atoms with Gasteiger partial charge in [0.15, 0.2) is 17.2 Å². The van der Waals surface area contributed by atoms with Crippen LogP contribution in [0.5, 0.6) is 0 Å². The summed E-state index contributed by atoms with van der Waals surface area (Å²) >= 11 is 11.4. The monoisotopic (exact) mass is 349 g/mol. The number of nitrogens with one attached hydrogen (secondary N) is 1. The predicted molar refractivity (Wildman–Crippen MR) is 73.8 cm³/mol. The Labute approximate surface area is 128 Å². The molecular weight excluding hydrogens is 345 g/mol. The van der Waals surface area contributed by atoms with E-state index in [2.05, 4.69) is 19.7 Å². The summed E-state index contributed by atoms with van der Waals surface area (Å²) in [6, 6.07) is 1.99. The Morgan fingerprint density at radius 3 is 2.48 bits per heavy atom. The van der Waals surface area contributed by atoms with E-state index in [4.69, 9.17) is 23.2 Å². The van der Waals surface area contributed by atoms with Crippen LogP contribution in [0.4, 0.5) is 11.6 Å². The van der Waals surface area contributed by atoms with E-state index in [1.807, 2.05) is 0 Å². The van der Waals surface area contributed by atoms with Gasteiger partial charge in [0, 0.05) is 6.07 Å². The maximum Gasteiger partial charge on any atom is 0.363 e. The van der Waals surface area contributed by atoms with Gasteiger partial charge in [-0.3, -0.25) is 4.72 Å². The summed E-state index contributed by atoms with van der Waals surface area (Å²) in [5, 5.41) is 10.2. The Bertz CT molecular complexity index is 796. The molecule has 0 unspecified atom stereocenters. The topological polar surface area (TPSA) is 128 Å². The van der Waals surface area contributed by atoms with E-state index in [1.165, 1.54) is 0 Å². The molecule has 0 fully saturated rings. The molecule has 2 aromatic rings. The quantitative estimate of drug-likeness (QED) is 0.506. The van der Waals surface area contributed by atoms with Crippen molar-refractivity contribution in [2.45, 2.75) is 4.90 Å². The predicted octanol–water partition coefficient (Wildman–Crippen LogP) is 1.89. The van der Waals surface area contributed by atoms with Crippen molar-refractivity contribution in [1.82, 2.24) is 15.0 Å². The van der Waals surface area contributed by atoms with E-state index in [0.717, 1.165) is 24.7 Å². The standard InChI is InChI=1S/C9H5Cl2N5O4S/c10-7-8(11)13-4-14-9(7)15-21(19,20)5-1-2-6(12-3-5)16(17)18/h1-4H,(H,13,14,15). The summed E-state index contributed by atoms with van der Waals surface area (Å²) in [6.45, 7) is 0. The van der Waals surface area contributed by atoms with E-state index in [1.54, 1.807) is 0 Å². The average Bonchev–Trinajstić information content (AvgIpc) is 2.44. The van der Waals surface area contributed by atoms with Crippen molar-refractivity contribution in [3.8, 4) is 0 Å². The zero-order chi connectivity index (χ0) is 15.6. The fraction of sp³-hybridized carbons (Fsp3) is 0. The smallest absolute Gasteiger partial charge is 0.358 e. The van der Waals surface area contributed by atoms with Crippen LogP contribution in [-0.4, -0.2) is 28.3 Å². The highest BCUT2D eigenvalue weighted by molar-refractivity contribution is 7.92. The summed E-state index contributed by atoms with van der Waals surface area (Å²) in [7, 11) is -4.06. The van der Waals surface area contributed by atoms with Gasteiger partial charge < -0.3 is 10.1 Å². The molecule has 12 heteroatoms. The van der Waals surface area contributed by atoms with Crippen LogP contribution in [-0.2, 0) is 10.0 Å². The Balaban J connectivity index is 2.34. The van der Waals surface area contributed by atoms with Gasteiger partial charge in [0.05, 0.1) is 0 Å². The molecule has 0 spiro atoms. The number of hydrogen-bond donors (Lipinski definition) is 1. The molecule has 1 N–H and O–H groups in total. The van der Waals surface area contributed by atoms with Gasteiger partial charge in [-0.05, 0) is 16.0 Å². The molecule has 0 aromatic carbocycles. The summed E-state index contributed by atoms with van der Waals surface area (Å²) in [4.78, 5) is 20.1. The summed E-state index contributed by atoms with van der Waals surface area (Å²) in [5.74, 6) is -0.688. The number of hydrogen-bond acceptors (Lipinski definition) is 7. The molecule has 0 saturated heterocycles. The van der Waals surface area contributed by atoms with Crippen molar-refractivity contribution in [2.75, 3.05) is 4.72 Å². The number of pyridine rings is 1. The van der Waals surface area contributed by atoms with E-state index in [9.17, 15) is 18.5 Å². The second kappa shape index (κ2) is 5.76. The fourth-order valence-corrected chi connectivity index (χ4v) is 2.54. The van der Waals surface area contributed by atoms with Crippen LogP contribution in [0.2, 0.25) is 10.2 Å². The number of nitrogens with zero attached hydrogens (tertiary/aromatic N) is 4. The lowest BCUT2D eigenvalue weighted by Crippen LogP contribution is -2.15. The van der Waals surface area contributed by atoms with E-state index in [-0.39, 0.29) is 20.9 Å². The lowest BCUT2D eigenvalue weighted by molar-refractivity contribution is -0.389. The lowest BCUT2D eigenvalue weighted by Gasteiger charge is -2.07. The molecule has 110 valence electrons. The van der Waals surface area contributed by atoms with Gasteiger partial charge in [-0.25, -0.2) is 18.4 Å². The van der Waals surface area contributed by atoms with Gasteiger partial charge in [-0.2, -0.15) is 0 Å². The van der Waals surface area contributed by atoms with Crippen LogP contribution in [0.25, 0.3) is 0 Å². The van der Waals surface area contributed by atoms with Gasteiger partial charge >= 0.3 is 5.82 Å². The van der Waals surface area contributed by atoms with E-state index in [0.29, 0.717) is 0 Å². The van der Waals surface area contributed by atoms with E-state index < -0.39 is 20.8 Å². The first kappa shape index (κ1) is 15.4. The highest BCUT2D eigenvalue weighted by Gasteiger charge is 2.21. The van der Waals surface area contributed by atoms with Crippen molar-refractivity contribution >= 4 is 44.9 Å². The largest absolute Gasteiger partial charge is 0.363 e. The minimum atomic E-state index is -4.06. The van der Waals surface area contributed by atoms with Gasteiger partial charge in [-0.1, -0.05) is 23.2 Å². The molecule has 0 aliphatic rings. The number of aromatic nitrogens is 3. The molecular formula is C9H5Cl2N5O4S. The first-order chi connectivity index (χ1) is 9.81. The van der Waals surface area contributed by atoms with Crippen molar-refractivity contribution in [1.29, 1.82) is 0 Å². The molecule has 9 nitrogen and oxygen atoms in total. The molecule has 0 saturated carbocycles. The minimum Gasteiger partial charge on any atom is -0.358 e. The highest BCUT2D eigenvalue weighted by Crippen LogP contribution is 2.27. The van der Waals surface area contributed by atoms with Gasteiger partial charge in [0.1, 0.15) is 16.2 Å². The third-order valence-corrected chi connectivity index (χ3v) is 4.26. The molecule has 0 radical (unpaired) electrons. The van der Waals surface area contributed by atoms with Gasteiger partial charge in [-0.15, -0.1) is 0 Å². The molecule has 0 atom stereocenters. The van der Waals surface area contributed by atoms with Crippen LogP contribution in [0.15, 0.2) is 29.6 Å². The van der Waals surface area contributed by atoms with Crippen molar-refractivity contribution in [3.05, 3.63) is 44.9 Å². The number of rotatable bonds is 4. The fourth-order valence-electron chi connectivity index (χ4n) is 1.25. The number of anilines is 1. The third-order valence-electron chi connectivity index (χ3n) is 2.20. The second-order valence-corrected chi connectivity index (χ2v) is 5.96. The maximum atomic E-state index is 12.1. The molecule has 2 rings (SSSR count). The maximum absolute atomic E-state index is 12.1. The van der Waals surface area contributed by atoms with E-state index >= 15 is 0 Å². The average molecular weight is 350 g/mol. The Morgan fingerprint density at radius 2 is 1.90 bits per heavy atom. The number of nitro groups is 1. The number of halogens is 2. The van der Waals surface area contributed by atoms with Crippen molar-refractivity contribution in [2.24, 2.45) is 0 Å². The summed E-state index contributed by atoms with van der Waals surface area (Å²) in [6.07, 6.45) is 1.87. The van der Waals surface area contributed by atoms with Gasteiger partial charge in [0.2, 0.25) is 0 Å². The molecule has 0 bridgehead atoms. The summed E-state index contributed by atoms with van der Waals surface area (Å²) < 4.78 is 26.2. The molecule has 0 aliphatic heterocycles. The minimum absolute atomic E-state index is 0.119. The Kier molecular flexibility index (Phi) is 4.21. The van der Waals surface area contributed by atoms with Crippen LogP contribution in [0.1, 0.15) is 0 Å². The zero-order valence-corrected chi connectivity index (χ0v) is 12.2. The van der Waals surface area contributed by atoms with Crippen LogP contribution < -0.4 is 4.72 Å². The second-order valence-electron chi connectivity index (χ2n) is 3.54. The molecule has 0 amide bonds. The Hall–Kier alpha value is -2.04. The molecule has 2 heterocycles. The zero-order valence-electron chi connectivity index (χ0n) is 9.90. The van der Waals surface area contributed by atoms with Crippen LogP contribution >= 0.6 is 23.2 Å². The first-order valence-electron chi connectivity index (χ1n) is 5.10. The normalized spacial score (nSPS) is 11.1. The molecule has 2 aromatic heterocycles. The Morgan fingerprint density at radius 1 is 1.19 bits per heavy atom. The third kappa shape index (κ3) is 3.35. The molecule has 21 heavy (non-hydrogen) atoms. The van der Waals surface area contributed by atoms with Crippen LogP contribution in [0.3, 0.4) is 0 Å². The SMILES string of the molecule is O=[N+]([O-])c1ccc(S(=O)(=O)Nc2ncnc(Cl)c2Cl)cn1. The summed E-state index contributed by atoms with van der Waals surface area (Å²) in [5.41, 5.74) is 0.